The average molecular weight is 291 g/mol. The van der Waals surface area contributed by atoms with E-state index in [4.69, 9.17) is 5.26 Å². The summed E-state index contributed by atoms with van der Waals surface area (Å²) in [4.78, 5) is 0.326. The summed E-state index contributed by atoms with van der Waals surface area (Å²) in [6.07, 6.45) is 0.305. The summed E-state index contributed by atoms with van der Waals surface area (Å²) in [6.45, 7) is 3.05. The molecule has 0 radical (unpaired) electrons. The summed E-state index contributed by atoms with van der Waals surface area (Å²) < 4.78 is 26.8. The second-order valence-electron chi connectivity index (χ2n) is 5.48. The quantitative estimate of drug-likeness (QED) is 0.885. The summed E-state index contributed by atoms with van der Waals surface area (Å²) in [7, 11) is -3.39. The van der Waals surface area contributed by atoms with Crippen LogP contribution in [0.5, 0.6) is 0 Å². The molecule has 2 atom stereocenters. The lowest BCUT2D eigenvalue weighted by Gasteiger charge is -2.17. The third-order valence-corrected chi connectivity index (χ3v) is 6.05. The molecule has 6 heteroatoms. The highest BCUT2D eigenvalue weighted by Crippen LogP contribution is 2.30. The fraction of sp³-hybridized carbons (Fsp3) is 0.500. The molecule has 2 heterocycles. The minimum absolute atomic E-state index is 0.305. The van der Waals surface area contributed by atoms with E-state index in [1.165, 1.54) is 0 Å². The fourth-order valence-corrected chi connectivity index (χ4v) is 4.58. The van der Waals surface area contributed by atoms with E-state index in [1.807, 2.05) is 0 Å². The summed E-state index contributed by atoms with van der Waals surface area (Å²) in [5.74, 6) is 0.894. The van der Waals surface area contributed by atoms with E-state index in [9.17, 15) is 8.42 Å². The number of nitriles is 1. The third-order valence-electron chi connectivity index (χ3n) is 4.20. The number of fused-ring (bicyclic) bond motifs is 1. The van der Waals surface area contributed by atoms with Gasteiger partial charge in [-0.25, -0.2) is 8.42 Å². The van der Waals surface area contributed by atoms with Crippen molar-refractivity contribution < 1.29 is 8.42 Å². The van der Waals surface area contributed by atoms with Crippen molar-refractivity contribution in [2.45, 2.75) is 11.3 Å². The zero-order valence-electron chi connectivity index (χ0n) is 11.1. The predicted molar refractivity (Wildman–Crippen MR) is 74.4 cm³/mol. The molecule has 0 bridgehead atoms. The van der Waals surface area contributed by atoms with Crippen molar-refractivity contribution in [3.8, 4) is 6.07 Å². The molecule has 0 aromatic heterocycles. The smallest absolute Gasteiger partial charge is 0.243 e. The fourth-order valence-electron chi connectivity index (χ4n) is 3.03. The topological polar surface area (TPSA) is 73.2 Å². The van der Waals surface area contributed by atoms with E-state index < -0.39 is 10.0 Å². The largest absolute Gasteiger partial charge is 0.316 e. The molecule has 3 rings (SSSR count). The van der Waals surface area contributed by atoms with Crippen molar-refractivity contribution in [2.75, 3.05) is 26.2 Å². The van der Waals surface area contributed by atoms with Crippen molar-refractivity contribution in [2.24, 2.45) is 11.8 Å². The standard InChI is InChI=1S/C14H17N3O2S/c15-6-5-11-1-3-14(4-2-11)20(18,19)17-9-12-7-16-8-13(12)10-17/h1-4,12-13,16H,5,7-10H2/t12-,13+. The van der Waals surface area contributed by atoms with E-state index in [0.717, 1.165) is 18.7 Å². The lowest BCUT2D eigenvalue weighted by molar-refractivity contribution is 0.448. The van der Waals surface area contributed by atoms with Crippen LogP contribution in [0.4, 0.5) is 0 Å². The summed E-state index contributed by atoms with van der Waals surface area (Å²) in [5, 5.41) is 11.9. The van der Waals surface area contributed by atoms with Gasteiger partial charge in [-0.15, -0.1) is 0 Å². The van der Waals surface area contributed by atoms with Gasteiger partial charge in [0.2, 0.25) is 10.0 Å². The second-order valence-corrected chi connectivity index (χ2v) is 7.42. The average Bonchev–Trinajstić information content (AvgIpc) is 3.00. The Kier molecular flexibility index (Phi) is 3.50. The molecular formula is C14H17N3O2S. The van der Waals surface area contributed by atoms with Crippen molar-refractivity contribution in [3.05, 3.63) is 29.8 Å². The van der Waals surface area contributed by atoms with Gasteiger partial charge >= 0.3 is 0 Å². The lowest BCUT2D eigenvalue weighted by Crippen LogP contribution is -2.31. The number of benzene rings is 1. The first kappa shape index (κ1) is 13.6. The van der Waals surface area contributed by atoms with Crippen LogP contribution in [0.3, 0.4) is 0 Å². The normalized spacial score (nSPS) is 26.4. The van der Waals surface area contributed by atoms with Crippen LogP contribution >= 0.6 is 0 Å². The molecule has 0 spiro atoms. The Hall–Kier alpha value is -1.42. The number of sulfonamides is 1. The van der Waals surface area contributed by atoms with E-state index in [1.54, 1.807) is 28.6 Å². The van der Waals surface area contributed by atoms with Gasteiger partial charge in [0.1, 0.15) is 0 Å². The number of nitrogens with one attached hydrogen (secondary N) is 1. The highest BCUT2D eigenvalue weighted by molar-refractivity contribution is 7.89. The van der Waals surface area contributed by atoms with Crippen LogP contribution in [0, 0.1) is 23.2 Å². The highest BCUT2D eigenvalue weighted by atomic mass is 32.2. The number of nitrogens with zero attached hydrogens (tertiary/aromatic N) is 2. The maximum Gasteiger partial charge on any atom is 0.243 e. The first-order chi connectivity index (χ1) is 9.61. The van der Waals surface area contributed by atoms with Gasteiger partial charge in [0.25, 0.3) is 0 Å². The monoisotopic (exact) mass is 291 g/mol. The summed E-state index contributed by atoms with van der Waals surface area (Å²) in [5.41, 5.74) is 0.842. The molecule has 20 heavy (non-hydrogen) atoms. The highest BCUT2D eigenvalue weighted by Gasteiger charge is 2.41. The molecule has 0 aliphatic carbocycles. The Morgan fingerprint density at radius 1 is 1.20 bits per heavy atom. The Bertz CT molecular complexity index is 621. The van der Waals surface area contributed by atoms with Crippen molar-refractivity contribution in [3.63, 3.8) is 0 Å². The molecule has 1 aromatic rings. The van der Waals surface area contributed by atoms with Gasteiger partial charge in [-0.1, -0.05) is 12.1 Å². The van der Waals surface area contributed by atoms with E-state index in [0.29, 0.717) is 36.2 Å². The van der Waals surface area contributed by atoms with E-state index in [-0.39, 0.29) is 0 Å². The van der Waals surface area contributed by atoms with Crippen LogP contribution < -0.4 is 5.32 Å². The molecule has 0 saturated carbocycles. The van der Waals surface area contributed by atoms with Crippen LogP contribution in [0.15, 0.2) is 29.2 Å². The van der Waals surface area contributed by atoms with E-state index >= 15 is 0 Å². The molecule has 0 amide bonds. The molecule has 106 valence electrons. The Morgan fingerprint density at radius 2 is 1.80 bits per heavy atom. The van der Waals surface area contributed by atoms with Crippen LogP contribution in [-0.2, 0) is 16.4 Å². The van der Waals surface area contributed by atoms with Gasteiger partial charge in [0, 0.05) is 13.1 Å². The Balaban J connectivity index is 1.80. The SMILES string of the molecule is N#CCc1ccc(S(=O)(=O)N2C[C@H]3CNC[C@H]3C2)cc1. The van der Waals surface area contributed by atoms with Crippen LogP contribution in [0.2, 0.25) is 0 Å². The van der Waals surface area contributed by atoms with Crippen LogP contribution in [0.1, 0.15) is 5.56 Å². The van der Waals surface area contributed by atoms with Gasteiger partial charge in [-0.2, -0.15) is 9.57 Å². The molecule has 1 aromatic carbocycles. The van der Waals surface area contributed by atoms with Crippen LogP contribution in [0.25, 0.3) is 0 Å². The summed E-state index contributed by atoms with van der Waals surface area (Å²) >= 11 is 0. The maximum absolute atomic E-state index is 12.6. The first-order valence-corrected chi connectivity index (χ1v) is 8.22. The number of hydrogen-bond donors (Lipinski definition) is 1. The van der Waals surface area contributed by atoms with Gasteiger partial charge in [0.05, 0.1) is 17.4 Å². The maximum atomic E-state index is 12.6. The summed E-state index contributed by atoms with van der Waals surface area (Å²) in [6, 6.07) is 8.70. The zero-order chi connectivity index (χ0) is 14.2. The van der Waals surface area contributed by atoms with E-state index in [2.05, 4.69) is 11.4 Å². The molecule has 2 aliphatic rings. The van der Waals surface area contributed by atoms with Gasteiger partial charge in [-0.3, -0.25) is 0 Å². The molecule has 1 N–H and O–H groups in total. The first-order valence-electron chi connectivity index (χ1n) is 6.78. The van der Waals surface area contributed by atoms with Crippen molar-refractivity contribution in [1.29, 1.82) is 5.26 Å². The molecule has 2 saturated heterocycles. The van der Waals surface area contributed by atoms with Gasteiger partial charge in [0.15, 0.2) is 0 Å². The molecular weight excluding hydrogens is 274 g/mol. The molecule has 2 aliphatic heterocycles. The minimum Gasteiger partial charge on any atom is -0.316 e. The van der Waals surface area contributed by atoms with Gasteiger partial charge in [-0.05, 0) is 42.6 Å². The zero-order valence-corrected chi connectivity index (χ0v) is 11.9. The second kappa shape index (κ2) is 5.17. The Morgan fingerprint density at radius 3 is 2.35 bits per heavy atom. The van der Waals surface area contributed by atoms with Crippen molar-refractivity contribution >= 4 is 10.0 Å². The Labute approximate surface area is 119 Å². The van der Waals surface area contributed by atoms with Crippen molar-refractivity contribution in [1.82, 2.24) is 9.62 Å². The number of rotatable bonds is 3. The van der Waals surface area contributed by atoms with Crippen LogP contribution in [-0.4, -0.2) is 38.9 Å². The number of hydrogen-bond acceptors (Lipinski definition) is 4. The van der Waals surface area contributed by atoms with Gasteiger partial charge < -0.3 is 5.32 Å². The third kappa shape index (κ3) is 2.33. The predicted octanol–water partition coefficient (Wildman–Crippen LogP) is 0.593. The molecule has 5 nitrogen and oxygen atoms in total. The molecule has 0 unspecified atom stereocenters. The molecule has 2 fully saturated rings. The lowest BCUT2D eigenvalue weighted by atomic mass is 10.0. The minimum atomic E-state index is -3.39.